The molecule has 2 saturated carbocycles. The van der Waals surface area contributed by atoms with Gasteiger partial charge in [-0.3, -0.25) is 0 Å². The van der Waals surface area contributed by atoms with Crippen LogP contribution in [0.5, 0.6) is 0 Å². The average Bonchev–Trinajstić information content (AvgIpc) is 2.92. The van der Waals surface area contributed by atoms with Crippen molar-refractivity contribution >= 4 is 8.80 Å². The first kappa shape index (κ1) is 10.6. The Morgan fingerprint density at radius 3 is 1.57 bits per heavy atom. The van der Waals surface area contributed by atoms with E-state index in [9.17, 15) is 0 Å². The largest absolute Gasteiger partial charge is 0.504 e. The van der Waals surface area contributed by atoms with Gasteiger partial charge in [-0.15, -0.1) is 0 Å². The van der Waals surface area contributed by atoms with Crippen molar-refractivity contribution in [2.24, 2.45) is 11.8 Å². The Kier molecular flexibility index (Phi) is 2.97. The summed E-state index contributed by atoms with van der Waals surface area (Å²) in [5.41, 5.74) is 0.641. The van der Waals surface area contributed by atoms with Crippen LogP contribution in [0.2, 0.25) is 5.54 Å². The molecule has 2 rings (SSSR count). The van der Waals surface area contributed by atoms with Gasteiger partial charge in [0.05, 0.1) is 0 Å². The van der Waals surface area contributed by atoms with Crippen LogP contribution in [-0.4, -0.2) is 28.6 Å². The van der Waals surface area contributed by atoms with Crippen molar-refractivity contribution in [3.05, 3.63) is 0 Å². The van der Waals surface area contributed by atoms with Crippen molar-refractivity contribution < 1.29 is 13.3 Å². The smallest absolute Gasteiger partial charge is 0.374 e. The minimum Gasteiger partial charge on any atom is -0.374 e. The van der Waals surface area contributed by atoms with Crippen molar-refractivity contribution in [2.45, 2.75) is 32.7 Å². The molecule has 2 atom stereocenters. The third kappa shape index (κ3) is 1.64. The lowest BCUT2D eigenvalue weighted by Gasteiger charge is -2.30. The molecule has 0 aromatic carbocycles. The third-order valence-electron chi connectivity index (χ3n) is 3.12. The molecule has 0 aromatic heterocycles. The molecule has 0 aromatic rings. The van der Waals surface area contributed by atoms with Gasteiger partial charge in [0.25, 0.3) is 0 Å². The van der Waals surface area contributed by atoms with Gasteiger partial charge in [-0.05, 0) is 39.0 Å². The van der Waals surface area contributed by atoms with Crippen molar-refractivity contribution in [3.8, 4) is 0 Å². The van der Waals surface area contributed by atoms with E-state index in [-0.39, 0.29) is 0 Å². The van der Waals surface area contributed by atoms with Gasteiger partial charge < -0.3 is 13.3 Å². The van der Waals surface area contributed by atoms with Crippen LogP contribution in [0.25, 0.3) is 0 Å². The first-order valence-corrected chi connectivity index (χ1v) is 7.51. The number of fused-ring (bicyclic) bond motifs is 1. The fraction of sp³-hybridized carbons (Fsp3) is 1.00. The SMILES string of the molecule is CCO[Si](OCC)(OCC)C1C2CC21. The van der Waals surface area contributed by atoms with E-state index in [0.29, 0.717) is 25.4 Å². The van der Waals surface area contributed by atoms with E-state index in [0.717, 1.165) is 11.8 Å². The van der Waals surface area contributed by atoms with Crippen LogP contribution in [0.4, 0.5) is 0 Å². The van der Waals surface area contributed by atoms with Crippen molar-refractivity contribution in [2.75, 3.05) is 19.8 Å². The fourth-order valence-corrected chi connectivity index (χ4v) is 6.06. The summed E-state index contributed by atoms with van der Waals surface area (Å²) < 4.78 is 17.5. The molecule has 0 amide bonds. The lowest BCUT2D eigenvalue weighted by molar-refractivity contribution is 0.0651. The Morgan fingerprint density at radius 2 is 1.36 bits per heavy atom. The van der Waals surface area contributed by atoms with Crippen LogP contribution in [0.15, 0.2) is 0 Å². The Hall–Kier alpha value is 0.0969. The predicted molar refractivity (Wildman–Crippen MR) is 56.0 cm³/mol. The highest BCUT2D eigenvalue weighted by Crippen LogP contribution is 2.76. The summed E-state index contributed by atoms with van der Waals surface area (Å²) in [4.78, 5) is 0. The molecule has 2 unspecified atom stereocenters. The molecule has 2 fully saturated rings. The molecule has 14 heavy (non-hydrogen) atoms. The molecule has 0 radical (unpaired) electrons. The maximum absolute atomic E-state index is 5.83. The van der Waals surface area contributed by atoms with Crippen LogP contribution in [0.1, 0.15) is 27.2 Å². The van der Waals surface area contributed by atoms with Gasteiger partial charge in [-0.25, -0.2) is 0 Å². The van der Waals surface area contributed by atoms with Gasteiger partial charge in [0.1, 0.15) is 0 Å². The van der Waals surface area contributed by atoms with Gasteiger partial charge in [0, 0.05) is 25.4 Å². The molecule has 0 aliphatic heterocycles. The zero-order chi connectivity index (χ0) is 10.2. The van der Waals surface area contributed by atoms with Gasteiger partial charge in [-0.1, -0.05) is 0 Å². The van der Waals surface area contributed by atoms with Gasteiger partial charge in [0.2, 0.25) is 0 Å². The van der Waals surface area contributed by atoms with E-state index in [1.165, 1.54) is 6.42 Å². The fourth-order valence-electron chi connectivity index (χ4n) is 2.32. The van der Waals surface area contributed by atoms with E-state index in [4.69, 9.17) is 13.3 Å². The highest BCUT2D eigenvalue weighted by atomic mass is 28.4. The van der Waals surface area contributed by atoms with E-state index in [1.54, 1.807) is 0 Å². The second-order valence-corrected chi connectivity index (χ2v) is 6.73. The summed E-state index contributed by atoms with van der Waals surface area (Å²) in [5.74, 6) is 1.76. The molecule has 0 N–H and O–H groups in total. The minimum absolute atomic E-state index is 0.641. The van der Waals surface area contributed by atoms with Gasteiger partial charge in [-0.2, -0.15) is 0 Å². The molecular weight excluding hydrogens is 196 g/mol. The molecule has 0 bridgehead atoms. The zero-order valence-corrected chi connectivity index (χ0v) is 10.3. The summed E-state index contributed by atoms with van der Waals surface area (Å²) >= 11 is 0. The second-order valence-electron chi connectivity index (χ2n) is 3.99. The highest BCUT2D eigenvalue weighted by molar-refractivity contribution is 6.64. The lowest BCUT2D eigenvalue weighted by Crippen LogP contribution is -2.48. The Labute approximate surface area is 87.1 Å². The third-order valence-corrected chi connectivity index (χ3v) is 6.86. The monoisotopic (exact) mass is 216 g/mol. The molecular formula is C10H20O3Si. The van der Waals surface area contributed by atoms with Crippen LogP contribution in [0.3, 0.4) is 0 Å². The molecule has 0 saturated heterocycles. The molecule has 4 heteroatoms. The molecule has 2 aliphatic carbocycles. The highest BCUT2D eigenvalue weighted by Gasteiger charge is 2.76. The van der Waals surface area contributed by atoms with Crippen LogP contribution in [0, 0.1) is 11.8 Å². The van der Waals surface area contributed by atoms with Crippen LogP contribution < -0.4 is 0 Å². The van der Waals surface area contributed by atoms with E-state index < -0.39 is 8.80 Å². The van der Waals surface area contributed by atoms with Crippen molar-refractivity contribution in [3.63, 3.8) is 0 Å². The first-order valence-electron chi connectivity index (χ1n) is 5.70. The normalized spacial score (nSPS) is 34.1. The Balaban J connectivity index is 1.98. The second kappa shape index (κ2) is 3.93. The molecule has 2 aliphatic rings. The first-order chi connectivity index (χ1) is 6.79. The Bertz CT molecular complexity index is 185. The maximum atomic E-state index is 5.83. The topological polar surface area (TPSA) is 27.7 Å². The van der Waals surface area contributed by atoms with Crippen LogP contribution >= 0.6 is 0 Å². The lowest BCUT2D eigenvalue weighted by atomic mass is 10.4. The van der Waals surface area contributed by atoms with Crippen molar-refractivity contribution in [1.82, 2.24) is 0 Å². The molecule has 0 heterocycles. The predicted octanol–water partition coefficient (Wildman–Crippen LogP) is 2.05. The van der Waals surface area contributed by atoms with Gasteiger partial charge in [0.15, 0.2) is 0 Å². The van der Waals surface area contributed by atoms with E-state index >= 15 is 0 Å². The minimum atomic E-state index is -2.28. The Morgan fingerprint density at radius 1 is 0.929 bits per heavy atom. The summed E-state index contributed by atoms with van der Waals surface area (Å²) in [5, 5.41) is 0. The molecule has 82 valence electrons. The summed E-state index contributed by atoms with van der Waals surface area (Å²) in [7, 11) is -2.28. The quantitative estimate of drug-likeness (QED) is 0.610. The van der Waals surface area contributed by atoms with Gasteiger partial charge >= 0.3 is 8.80 Å². The standard InChI is InChI=1S/C10H20O3Si/c1-4-11-14(12-5-2,13-6-3)10-8-7-9(8)10/h8-10H,4-7H2,1-3H3. The summed E-state index contributed by atoms with van der Waals surface area (Å²) in [6, 6.07) is 0. The maximum Gasteiger partial charge on any atom is 0.504 e. The summed E-state index contributed by atoms with van der Waals surface area (Å²) in [6.45, 7) is 8.20. The van der Waals surface area contributed by atoms with E-state index in [2.05, 4.69) is 0 Å². The molecule has 3 nitrogen and oxygen atoms in total. The number of rotatable bonds is 7. The zero-order valence-electron chi connectivity index (χ0n) is 9.29. The van der Waals surface area contributed by atoms with Crippen molar-refractivity contribution in [1.29, 1.82) is 0 Å². The molecule has 0 spiro atoms. The average molecular weight is 216 g/mol. The number of hydrogen-bond acceptors (Lipinski definition) is 3. The summed E-state index contributed by atoms with van der Waals surface area (Å²) in [6.07, 6.45) is 1.38. The van der Waals surface area contributed by atoms with E-state index in [1.807, 2.05) is 20.8 Å². The number of hydrogen-bond donors (Lipinski definition) is 0. The van der Waals surface area contributed by atoms with Crippen LogP contribution in [-0.2, 0) is 13.3 Å².